The Morgan fingerprint density at radius 3 is 2.48 bits per heavy atom. The molecule has 1 saturated carbocycles. The van der Waals surface area contributed by atoms with E-state index in [0.29, 0.717) is 12.1 Å². The zero-order chi connectivity index (χ0) is 16.7. The van der Waals surface area contributed by atoms with E-state index in [1.54, 1.807) is 31.2 Å². The van der Waals surface area contributed by atoms with Crippen LogP contribution in [0.5, 0.6) is 0 Å². The fourth-order valence-corrected chi connectivity index (χ4v) is 2.95. The second kappa shape index (κ2) is 8.11. The van der Waals surface area contributed by atoms with Crippen molar-refractivity contribution in [3.63, 3.8) is 0 Å². The van der Waals surface area contributed by atoms with Crippen LogP contribution in [0.2, 0.25) is 0 Å². The molecule has 1 atom stereocenters. The number of nitrogens with one attached hydrogen (secondary N) is 2. The van der Waals surface area contributed by atoms with E-state index in [1.165, 1.54) is 0 Å². The molecule has 1 aliphatic carbocycles. The quantitative estimate of drug-likeness (QED) is 0.751. The molecule has 126 valence electrons. The van der Waals surface area contributed by atoms with Gasteiger partial charge in [0.25, 0.3) is 5.91 Å². The van der Waals surface area contributed by atoms with Crippen molar-refractivity contribution in [1.82, 2.24) is 10.6 Å². The predicted molar refractivity (Wildman–Crippen MR) is 89.0 cm³/mol. The van der Waals surface area contributed by atoms with Gasteiger partial charge in [-0.1, -0.05) is 37.5 Å². The standard InChI is InChI=1S/C18H26N2O3/c1-14(20-17(22)15-8-4-2-5-9-15)12-16(21)19-13-18(23)10-6-3-7-11-18/h2,4-5,8-9,14,23H,3,6-7,10-13H2,1H3,(H,19,21)(H,20,22). The number of hydrogen-bond acceptors (Lipinski definition) is 3. The summed E-state index contributed by atoms with van der Waals surface area (Å²) in [5.41, 5.74) is -0.180. The van der Waals surface area contributed by atoms with Crippen molar-refractivity contribution in [2.75, 3.05) is 6.54 Å². The topological polar surface area (TPSA) is 78.4 Å². The van der Waals surface area contributed by atoms with Crippen LogP contribution in [0.15, 0.2) is 30.3 Å². The van der Waals surface area contributed by atoms with Crippen molar-refractivity contribution in [3.05, 3.63) is 35.9 Å². The second-order valence-corrected chi connectivity index (χ2v) is 6.51. The highest BCUT2D eigenvalue weighted by Crippen LogP contribution is 2.27. The van der Waals surface area contributed by atoms with Gasteiger partial charge in [0.15, 0.2) is 0 Å². The van der Waals surface area contributed by atoms with E-state index in [9.17, 15) is 14.7 Å². The first-order chi connectivity index (χ1) is 11.0. The molecule has 0 bridgehead atoms. The summed E-state index contributed by atoms with van der Waals surface area (Å²) in [6.07, 6.45) is 4.86. The van der Waals surface area contributed by atoms with E-state index >= 15 is 0 Å². The second-order valence-electron chi connectivity index (χ2n) is 6.51. The van der Waals surface area contributed by atoms with Crippen molar-refractivity contribution in [2.45, 2.75) is 57.1 Å². The molecule has 0 radical (unpaired) electrons. The van der Waals surface area contributed by atoms with Gasteiger partial charge in [0.2, 0.25) is 5.91 Å². The molecule has 1 aliphatic rings. The maximum absolute atomic E-state index is 12.0. The first kappa shape index (κ1) is 17.5. The van der Waals surface area contributed by atoms with E-state index in [2.05, 4.69) is 10.6 Å². The summed E-state index contributed by atoms with van der Waals surface area (Å²) in [5, 5.41) is 16.0. The minimum Gasteiger partial charge on any atom is -0.388 e. The van der Waals surface area contributed by atoms with E-state index in [0.717, 1.165) is 32.1 Å². The Balaban J connectivity index is 1.73. The normalized spacial score (nSPS) is 18.0. The maximum Gasteiger partial charge on any atom is 0.251 e. The van der Waals surface area contributed by atoms with Crippen LogP contribution in [0.25, 0.3) is 0 Å². The first-order valence-corrected chi connectivity index (χ1v) is 8.33. The molecule has 1 fully saturated rings. The van der Waals surface area contributed by atoms with Crippen LogP contribution in [0.3, 0.4) is 0 Å². The molecule has 0 heterocycles. The highest BCUT2D eigenvalue weighted by atomic mass is 16.3. The smallest absolute Gasteiger partial charge is 0.251 e. The van der Waals surface area contributed by atoms with Gasteiger partial charge in [-0.05, 0) is 31.9 Å². The lowest BCUT2D eigenvalue weighted by molar-refractivity contribution is -0.123. The summed E-state index contributed by atoms with van der Waals surface area (Å²) in [7, 11) is 0. The van der Waals surface area contributed by atoms with Crippen molar-refractivity contribution in [3.8, 4) is 0 Å². The Bertz CT molecular complexity index is 524. The number of carbonyl (C=O) groups excluding carboxylic acids is 2. The van der Waals surface area contributed by atoms with Crippen LogP contribution in [-0.4, -0.2) is 35.1 Å². The fraction of sp³-hybridized carbons (Fsp3) is 0.556. The molecule has 1 aromatic carbocycles. The molecule has 0 spiro atoms. The summed E-state index contributed by atoms with van der Waals surface area (Å²) in [6.45, 7) is 2.10. The largest absolute Gasteiger partial charge is 0.388 e. The zero-order valence-electron chi connectivity index (χ0n) is 13.7. The monoisotopic (exact) mass is 318 g/mol. The predicted octanol–water partition coefficient (Wildman–Crippen LogP) is 2.01. The molecule has 1 aromatic rings. The number of carbonyl (C=O) groups is 2. The average Bonchev–Trinajstić information content (AvgIpc) is 2.54. The Kier molecular flexibility index (Phi) is 6.16. The molecule has 5 nitrogen and oxygen atoms in total. The van der Waals surface area contributed by atoms with Crippen molar-refractivity contribution in [1.29, 1.82) is 0 Å². The molecule has 2 rings (SSSR count). The Morgan fingerprint density at radius 2 is 1.83 bits per heavy atom. The maximum atomic E-state index is 12.0. The van der Waals surface area contributed by atoms with E-state index in [4.69, 9.17) is 0 Å². The third-order valence-corrected chi connectivity index (χ3v) is 4.30. The molecule has 3 N–H and O–H groups in total. The van der Waals surface area contributed by atoms with Crippen LogP contribution in [0, 0.1) is 0 Å². The van der Waals surface area contributed by atoms with Gasteiger partial charge in [-0.25, -0.2) is 0 Å². The third-order valence-electron chi connectivity index (χ3n) is 4.30. The lowest BCUT2D eigenvalue weighted by Gasteiger charge is -2.32. The zero-order valence-corrected chi connectivity index (χ0v) is 13.7. The van der Waals surface area contributed by atoms with E-state index < -0.39 is 5.60 Å². The summed E-state index contributed by atoms with van der Waals surface area (Å²) < 4.78 is 0. The molecule has 23 heavy (non-hydrogen) atoms. The van der Waals surface area contributed by atoms with Crippen molar-refractivity contribution in [2.24, 2.45) is 0 Å². The van der Waals surface area contributed by atoms with Gasteiger partial charge in [-0.3, -0.25) is 9.59 Å². The van der Waals surface area contributed by atoms with Crippen LogP contribution in [0.1, 0.15) is 55.8 Å². The average molecular weight is 318 g/mol. The summed E-state index contributed by atoms with van der Waals surface area (Å²) >= 11 is 0. The highest BCUT2D eigenvalue weighted by Gasteiger charge is 2.29. The van der Waals surface area contributed by atoms with Crippen molar-refractivity contribution < 1.29 is 14.7 Å². The minimum atomic E-state index is -0.759. The number of benzene rings is 1. The molecule has 0 aliphatic heterocycles. The van der Waals surface area contributed by atoms with Gasteiger partial charge < -0.3 is 15.7 Å². The molecule has 1 unspecified atom stereocenters. The summed E-state index contributed by atoms with van der Waals surface area (Å²) in [6, 6.07) is 8.67. The number of aliphatic hydroxyl groups is 1. The van der Waals surface area contributed by atoms with Gasteiger partial charge in [-0.15, -0.1) is 0 Å². The molecular weight excluding hydrogens is 292 g/mol. The summed E-state index contributed by atoms with van der Waals surface area (Å²) in [4.78, 5) is 24.0. The minimum absolute atomic E-state index is 0.148. The van der Waals surface area contributed by atoms with Crippen LogP contribution in [-0.2, 0) is 4.79 Å². The number of amides is 2. The lowest BCUT2D eigenvalue weighted by Crippen LogP contribution is -2.45. The Hall–Kier alpha value is -1.88. The molecule has 0 saturated heterocycles. The van der Waals surface area contributed by atoms with E-state index in [-0.39, 0.29) is 24.3 Å². The van der Waals surface area contributed by atoms with Gasteiger partial charge >= 0.3 is 0 Å². The van der Waals surface area contributed by atoms with Gasteiger partial charge in [0, 0.05) is 24.6 Å². The van der Waals surface area contributed by atoms with Crippen molar-refractivity contribution >= 4 is 11.8 Å². The van der Waals surface area contributed by atoms with Crippen LogP contribution in [0.4, 0.5) is 0 Å². The molecule has 0 aromatic heterocycles. The van der Waals surface area contributed by atoms with E-state index in [1.807, 2.05) is 6.07 Å². The third kappa shape index (κ3) is 5.67. The van der Waals surface area contributed by atoms with Crippen LogP contribution >= 0.6 is 0 Å². The SMILES string of the molecule is CC(CC(=O)NCC1(O)CCCCC1)NC(=O)c1ccccc1. The number of rotatable bonds is 6. The first-order valence-electron chi connectivity index (χ1n) is 8.33. The molecular formula is C18H26N2O3. The molecule has 5 heteroatoms. The lowest BCUT2D eigenvalue weighted by atomic mass is 9.85. The van der Waals surface area contributed by atoms with Gasteiger partial charge in [0.1, 0.15) is 0 Å². The van der Waals surface area contributed by atoms with Crippen LogP contribution < -0.4 is 10.6 Å². The Labute approximate surface area is 137 Å². The summed E-state index contributed by atoms with van der Waals surface area (Å²) in [5.74, 6) is -0.332. The highest BCUT2D eigenvalue weighted by molar-refractivity contribution is 5.94. The van der Waals surface area contributed by atoms with Gasteiger partial charge in [0.05, 0.1) is 5.60 Å². The number of hydrogen-bond donors (Lipinski definition) is 3. The fourth-order valence-electron chi connectivity index (χ4n) is 2.95. The van der Waals surface area contributed by atoms with Gasteiger partial charge in [-0.2, -0.15) is 0 Å². The Morgan fingerprint density at radius 1 is 1.17 bits per heavy atom. The molecule has 2 amide bonds.